The number of nitrogen functional groups attached to an aromatic ring is 1. The van der Waals surface area contributed by atoms with E-state index in [1.165, 1.54) is 4.68 Å². The zero-order chi connectivity index (χ0) is 14.2. The van der Waals surface area contributed by atoms with Crippen molar-refractivity contribution in [1.82, 2.24) is 9.78 Å². The van der Waals surface area contributed by atoms with Crippen molar-refractivity contribution in [2.75, 3.05) is 11.1 Å². The highest BCUT2D eigenvalue weighted by Gasteiger charge is 2.19. The molecule has 0 unspecified atom stereocenters. The Hall–Kier alpha value is -2.44. The number of carbonyl (C=O) groups excluding carboxylic acids is 1. The molecule has 0 radical (unpaired) electrons. The Morgan fingerprint density at radius 3 is 2.68 bits per heavy atom. The first-order valence-corrected chi connectivity index (χ1v) is 5.45. The van der Waals surface area contributed by atoms with Crippen LogP contribution in [0.2, 0.25) is 0 Å². The average Bonchev–Trinajstić information content (AvgIpc) is 2.58. The van der Waals surface area contributed by atoms with Crippen LogP contribution in [0.3, 0.4) is 0 Å². The summed E-state index contributed by atoms with van der Waals surface area (Å²) in [5.41, 5.74) is 6.26. The number of halogens is 2. The second kappa shape index (κ2) is 4.68. The van der Waals surface area contributed by atoms with Gasteiger partial charge in [-0.15, -0.1) is 0 Å². The standard InChI is InChI=1S/C12H12F2N4O/c1-6-10(15)11(18(2)17-6)12(19)16-9-5-7(13)3-4-8(9)14/h3-5H,15H2,1-2H3,(H,16,19). The summed E-state index contributed by atoms with van der Waals surface area (Å²) in [6.07, 6.45) is 0. The molecule has 7 heteroatoms. The minimum absolute atomic E-state index is 0.0983. The van der Waals surface area contributed by atoms with Gasteiger partial charge in [0.05, 0.1) is 17.1 Å². The molecule has 0 spiro atoms. The molecule has 1 amide bonds. The van der Waals surface area contributed by atoms with E-state index in [1.54, 1.807) is 14.0 Å². The number of benzene rings is 1. The predicted molar refractivity (Wildman–Crippen MR) is 66.7 cm³/mol. The second-order valence-corrected chi connectivity index (χ2v) is 4.05. The molecule has 3 N–H and O–H groups in total. The molecular formula is C12H12F2N4O. The molecule has 0 saturated carbocycles. The SMILES string of the molecule is Cc1nn(C)c(C(=O)Nc2cc(F)ccc2F)c1N. The summed E-state index contributed by atoms with van der Waals surface area (Å²) >= 11 is 0. The fourth-order valence-electron chi connectivity index (χ4n) is 1.72. The first-order chi connectivity index (χ1) is 8.90. The van der Waals surface area contributed by atoms with Crippen molar-refractivity contribution in [3.05, 3.63) is 41.2 Å². The monoisotopic (exact) mass is 266 g/mol. The molecule has 0 fully saturated rings. The Balaban J connectivity index is 2.33. The highest BCUT2D eigenvalue weighted by molar-refractivity contribution is 6.06. The van der Waals surface area contributed by atoms with Crippen LogP contribution in [-0.4, -0.2) is 15.7 Å². The highest BCUT2D eigenvalue weighted by atomic mass is 19.1. The molecule has 1 aromatic heterocycles. The topological polar surface area (TPSA) is 72.9 Å². The molecule has 100 valence electrons. The molecule has 2 aromatic rings. The van der Waals surface area contributed by atoms with E-state index in [0.29, 0.717) is 5.69 Å². The molecule has 0 bridgehead atoms. The van der Waals surface area contributed by atoms with E-state index in [2.05, 4.69) is 10.4 Å². The second-order valence-electron chi connectivity index (χ2n) is 4.05. The van der Waals surface area contributed by atoms with Crippen molar-refractivity contribution in [2.45, 2.75) is 6.92 Å². The number of aryl methyl sites for hydroxylation is 2. The van der Waals surface area contributed by atoms with Gasteiger partial charge < -0.3 is 11.1 Å². The van der Waals surface area contributed by atoms with Crippen LogP contribution >= 0.6 is 0 Å². The quantitative estimate of drug-likeness (QED) is 0.871. The van der Waals surface area contributed by atoms with Gasteiger partial charge in [0, 0.05) is 13.1 Å². The Morgan fingerprint density at radius 2 is 2.11 bits per heavy atom. The Bertz CT molecular complexity index is 651. The zero-order valence-corrected chi connectivity index (χ0v) is 10.4. The molecule has 0 aliphatic heterocycles. The van der Waals surface area contributed by atoms with Gasteiger partial charge >= 0.3 is 0 Å². The van der Waals surface area contributed by atoms with Crippen LogP contribution in [0.4, 0.5) is 20.2 Å². The average molecular weight is 266 g/mol. The summed E-state index contributed by atoms with van der Waals surface area (Å²) in [6, 6.07) is 2.79. The molecule has 0 atom stereocenters. The van der Waals surface area contributed by atoms with Crippen LogP contribution in [0.5, 0.6) is 0 Å². The minimum atomic E-state index is -0.729. The van der Waals surface area contributed by atoms with E-state index in [4.69, 9.17) is 5.73 Å². The third kappa shape index (κ3) is 2.40. The Kier molecular flexibility index (Phi) is 3.20. The number of nitrogens with one attached hydrogen (secondary N) is 1. The van der Waals surface area contributed by atoms with Gasteiger partial charge in [-0.2, -0.15) is 5.10 Å². The van der Waals surface area contributed by atoms with Crippen molar-refractivity contribution in [2.24, 2.45) is 7.05 Å². The van der Waals surface area contributed by atoms with Crippen LogP contribution in [0, 0.1) is 18.6 Å². The van der Waals surface area contributed by atoms with Gasteiger partial charge in [0.25, 0.3) is 5.91 Å². The maximum Gasteiger partial charge on any atom is 0.276 e. The summed E-state index contributed by atoms with van der Waals surface area (Å²) in [7, 11) is 1.54. The fourth-order valence-corrected chi connectivity index (χ4v) is 1.72. The summed E-state index contributed by atoms with van der Waals surface area (Å²) in [4.78, 5) is 12.0. The number of nitrogens with two attached hydrogens (primary N) is 1. The largest absolute Gasteiger partial charge is 0.395 e. The van der Waals surface area contributed by atoms with E-state index in [-0.39, 0.29) is 17.1 Å². The van der Waals surface area contributed by atoms with Crippen LogP contribution in [0.15, 0.2) is 18.2 Å². The molecule has 19 heavy (non-hydrogen) atoms. The van der Waals surface area contributed by atoms with Crippen molar-refractivity contribution >= 4 is 17.3 Å². The van der Waals surface area contributed by atoms with E-state index >= 15 is 0 Å². The number of amides is 1. The fraction of sp³-hybridized carbons (Fsp3) is 0.167. The maximum absolute atomic E-state index is 13.4. The molecule has 0 aliphatic carbocycles. The number of anilines is 2. The Morgan fingerprint density at radius 1 is 1.42 bits per heavy atom. The van der Waals surface area contributed by atoms with E-state index in [1.807, 2.05) is 0 Å². The van der Waals surface area contributed by atoms with E-state index in [0.717, 1.165) is 18.2 Å². The number of hydrogen-bond donors (Lipinski definition) is 2. The van der Waals surface area contributed by atoms with Crippen molar-refractivity contribution in [3.8, 4) is 0 Å². The van der Waals surface area contributed by atoms with Crippen LogP contribution in [-0.2, 0) is 7.05 Å². The minimum Gasteiger partial charge on any atom is -0.395 e. The molecule has 0 aliphatic rings. The first kappa shape index (κ1) is 13.0. The molecule has 2 rings (SSSR count). The number of rotatable bonds is 2. The number of hydrogen-bond acceptors (Lipinski definition) is 3. The van der Waals surface area contributed by atoms with Gasteiger partial charge in [0.2, 0.25) is 0 Å². The number of nitrogens with zero attached hydrogens (tertiary/aromatic N) is 2. The number of carbonyl (C=O) groups is 1. The summed E-state index contributed by atoms with van der Waals surface area (Å²) in [6.45, 7) is 1.65. The molecule has 0 saturated heterocycles. The molecular weight excluding hydrogens is 254 g/mol. The first-order valence-electron chi connectivity index (χ1n) is 5.45. The van der Waals surface area contributed by atoms with Crippen molar-refractivity contribution in [1.29, 1.82) is 0 Å². The summed E-state index contributed by atoms with van der Waals surface area (Å²) in [5, 5.41) is 6.24. The third-order valence-electron chi connectivity index (χ3n) is 2.66. The van der Waals surface area contributed by atoms with E-state index < -0.39 is 17.5 Å². The van der Waals surface area contributed by atoms with Gasteiger partial charge in [0.15, 0.2) is 0 Å². The zero-order valence-electron chi connectivity index (χ0n) is 10.4. The third-order valence-corrected chi connectivity index (χ3v) is 2.66. The maximum atomic E-state index is 13.4. The normalized spacial score (nSPS) is 10.5. The highest BCUT2D eigenvalue weighted by Crippen LogP contribution is 2.19. The van der Waals surface area contributed by atoms with Crippen LogP contribution in [0.25, 0.3) is 0 Å². The molecule has 1 heterocycles. The lowest BCUT2D eigenvalue weighted by Crippen LogP contribution is -2.18. The lowest BCUT2D eigenvalue weighted by Gasteiger charge is -2.07. The van der Waals surface area contributed by atoms with Crippen LogP contribution < -0.4 is 11.1 Å². The summed E-state index contributed by atoms with van der Waals surface area (Å²) < 4.78 is 27.7. The van der Waals surface area contributed by atoms with E-state index in [9.17, 15) is 13.6 Å². The Labute approximate surface area is 108 Å². The predicted octanol–water partition coefficient (Wildman–Crippen LogP) is 1.84. The number of aromatic nitrogens is 2. The molecule has 5 nitrogen and oxygen atoms in total. The smallest absolute Gasteiger partial charge is 0.276 e. The van der Waals surface area contributed by atoms with Gasteiger partial charge in [-0.1, -0.05) is 0 Å². The van der Waals surface area contributed by atoms with Crippen molar-refractivity contribution < 1.29 is 13.6 Å². The lowest BCUT2D eigenvalue weighted by atomic mass is 10.2. The van der Waals surface area contributed by atoms with Gasteiger partial charge in [-0.3, -0.25) is 9.48 Å². The van der Waals surface area contributed by atoms with Gasteiger partial charge in [-0.25, -0.2) is 8.78 Å². The summed E-state index contributed by atoms with van der Waals surface area (Å²) in [5.74, 6) is -2.02. The molecule has 1 aromatic carbocycles. The lowest BCUT2D eigenvalue weighted by molar-refractivity contribution is 0.101. The van der Waals surface area contributed by atoms with Crippen LogP contribution in [0.1, 0.15) is 16.2 Å². The van der Waals surface area contributed by atoms with Crippen molar-refractivity contribution in [3.63, 3.8) is 0 Å². The van der Waals surface area contributed by atoms with Gasteiger partial charge in [0.1, 0.15) is 17.3 Å². The van der Waals surface area contributed by atoms with Gasteiger partial charge in [-0.05, 0) is 19.1 Å².